The first-order valence-electron chi connectivity index (χ1n) is 7.30. The number of non-ortho nitro benzene ring substituents is 1. The second-order valence-electron chi connectivity index (χ2n) is 5.16. The molecule has 0 fully saturated rings. The van der Waals surface area contributed by atoms with Crippen LogP contribution in [0.15, 0.2) is 36.5 Å². The first-order chi connectivity index (χ1) is 11.4. The fourth-order valence-electron chi connectivity index (χ4n) is 2.05. The molecule has 126 valence electrons. The Morgan fingerprint density at radius 2 is 2.25 bits per heavy atom. The van der Waals surface area contributed by atoms with Crippen molar-refractivity contribution in [1.29, 1.82) is 0 Å². The van der Waals surface area contributed by atoms with Crippen molar-refractivity contribution in [3.8, 4) is 0 Å². The molecule has 0 atom stereocenters. The van der Waals surface area contributed by atoms with Crippen LogP contribution in [0.4, 0.5) is 5.69 Å². The third kappa shape index (κ3) is 4.42. The summed E-state index contributed by atoms with van der Waals surface area (Å²) in [5, 5.41) is 15.6. The van der Waals surface area contributed by atoms with Crippen molar-refractivity contribution in [1.82, 2.24) is 14.7 Å². The van der Waals surface area contributed by atoms with Gasteiger partial charge in [-0.05, 0) is 18.6 Å². The number of nitro groups is 1. The van der Waals surface area contributed by atoms with Gasteiger partial charge in [-0.25, -0.2) is 0 Å². The molecule has 0 aliphatic rings. The van der Waals surface area contributed by atoms with Crippen LogP contribution in [0.25, 0.3) is 6.08 Å². The highest BCUT2D eigenvalue weighted by Crippen LogP contribution is 2.16. The van der Waals surface area contributed by atoms with Gasteiger partial charge in [0.25, 0.3) is 5.69 Å². The summed E-state index contributed by atoms with van der Waals surface area (Å²) < 4.78 is 1.70. The molecule has 2 rings (SSSR count). The SMILES string of the molecule is CCn1cc(Cl)c(CN(C)C(=O)/C=C/c2cccc([N+](=O)[O-])c2)n1. The summed E-state index contributed by atoms with van der Waals surface area (Å²) in [6.07, 6.45) is 4.62. The summed E-state index contributed by atoms with van der Waals surface area (Å²) in [6, 6.07) is 6.07. The molecular weight excluding hydrogens is 332 g/mol. The van der Waals surface area contributed by atoms with Crippen LogP contribution < -0.4 is 0 Å². The maximum Gasteiger partial charge on any atom is 0.270 e. The summed E-state index contributed by atoms with van der Waals surface area (Å²) in [4.78, 5) is 23.9. The van der Waals surface area contributed by atoms with Crippen LogP contribution in [-0.2, 0) is 17.9 Å². The zero-order valence-electron chi connectivity index (χ0n) is 13.3. The van der Waals surface area contributed by atoms with Crippen molar-refractivity contribution >= 4 is 29.3 Å². The quantitative estimate of drug-likeness (QED) is 0.456. The average Bonchev–Trinajstić information content (AvgIpc) is 2.92. The smallest absolute Gasteiger partial charge is 0.270 e. The number of halogens is 1. The predicted molar refractivity (Wildman–Crippen MR) is 91.5 cm³/mol. The van der Waals surface area contributed by atoms with E-state index in [1.54, 1.807) is 30.1 Å². The first-order valence-corrected chi connectivity index (χ1v) is 7.68. The molecule has 0 unspecified atom stereocenters. The molecule has 0 spiro atoms. The number of aryl methyl sites for hydroxylation is 1. The molecule has 1 aromatic carbocycles. The molecule has 0 aliphatic carbocycles. The average molecular weight is 349 g/mol. The normalized spacial score (nSPS) is 11.0. The molecule has 1 heterocycles. The highest BCUT2D eigenvalue weighted by atomic mass is 35.5. The summed E-state index contributed by atoms with van der Waals surface area (Å²) in [5.74, 6) is -0.247. The first kappa shape index (κ1) is 17.7. The van der Waals surface area contributed by atoms with Crippen LogP contribution in [-0.4, -0.2) is 32.6 Å². The standard InChI is InChI=1S/C16H17ClN4O3/c1-3-20-10-14(17)15(18-20)11-19(2)16(22)8-7-12-5-4-6-13(9-12)21(23)24/h4-10H,3,11H2,1-2H3/b8-7+. The molecule has 0 aliphatic heterocycles. The number of benzene rings is 1. The predicted octanol–water partition coefficient (Wildman–Crippen LogP) is 3.14. The maximum absolute atomic E-state index is 12.2. The van der Waals surface area contributed by atoms with E-state index in [9.17, 15) is 14.9 Å². The van der Waals surface area contributed by atoms with Gasteiger partial charge in [0.05, 0.1) is 16.5 Å². The Bertz CT molecular complexity index is 785. The molecule has 0 radical (unpaired) electrons. The summed E-state index contributed by atoms with van der Waals surface area (Å²) >= 11 is 6.09. The second kappa shape index (κ2) is 7.74. The Labute approximate surface area is 144 Å². The largest absolute Gasteiger partial charge is 0.336 e. The lowest BCUT2D eigenvalue weighted by atomic mass is 10.2. The fraction of sp³-hybridized carbons (Fsp3) is 0.250. The molecule has 7 nitrogen and oxygen atoms in total. The lowest BCUT2D eigenvalue weighted by Crippen LogP contribution is -2.24. The van der Waals surface area contributed by atoms with Crippen molar-refractivity contribution in [3.63, 3.8) is 0 Å². The highest BCUT2D eigenvalue weighted by molar-refractivity contribution is 6.31. The van der Waals surface area contributed by atoms with Crippen LogP contribution in [0.5, 0.6) is 0 Å². The van der Waals surface area contributed by atoms with Crippen molar-refractivity contribution in [3.05, 3.63) is 62.9 Å². The lowest BCUT2D eigenvalue weighted by molar-refractivity contribution is -0.384. The molecule has 1 amide bonds. The van der Waals surface area contributed by atoms with E-state index in [4.69, 9.17) is 11.6 Å². The van der Waals surface area contributed by atoms with Gasteiger partial charge in [-0.3, -0.25) is 19.6 Å². The maximum atomic E-state index is 12.2. The number of amides is 1. The van der Waals surface area contributed by atoms with Gasteiger partial charge in [-0.1, -0.05) is 23.7 Å². The molecule has 8 heteroatoms. The molecule has 0 N–H and O–H groups in total. The van der Waals surface area contributed by atoms with Crippen LogP contribution in [0.3, 0.4) is 0 Å². The van der Waals surface area contributed by atoms with Crippen LogP contribution in [0.2, 0.25) is 5.02 Å². The van der Waals surface area contributed by atoms with E-state index in [0.29, 0.717) is 22.8 Å². The Kier molecular flexibility index (Phi) is 5.70. The molecule has 0 bridgehead atoms. The summed E-state index contributed by atoms with van der Waals surface area (Å²) in [5.41, 5.74) is 1.19. The van der Waals surface area contributed by atoms with Gasteiger partial charge in [-0.15, -0.1) is 0 Å². The van der Waals surface area contributed by atoms with Crippen molar-refractivity contribution in [2.75, 3.05) is 7.05 Å². The number of hydrogen-bond donors (Lipinski definition) is 0. The Morgan fingerprint density at radius 3 is 2.88 bits per heavy atom. The molecular formula is C16H17ClN4O3. The van der Waals surface area contributed by atoms with E-state index in [1.807, 2.05) is 6.92 Å². The van der Waals surface area contributed by atoms with E-state index in [-0.39, 0.29) is 18.1 Å². The monoisotopic (exact) mass is 348 g/mol. The number of aromatic nitrogens is 2. The molecule has 24 heavy (non-hydrogen) atoms. The van der Waals surface area contributed by atoms with Crippen molar-refractivity contribution < 1.29 is 9.72 Å². The fourth-order valence-corrected chi connectivity index (χ4v) is 2.26. The highest BCUT2D eigenvalue weighted by Gasteiger charge is 2.12. The van der Waals surface area contributed by atoms with Crippen molar-refractivity contribution in [2.45, 2.75) is 20.0 Å². The van der Waals surface area contributed by atoms with Gasteiger partial charge in [-0.2, -0.15) is 5.10 Å². The zero-order valence-corrected chi connectivity index (χ0v) is 14.1. The second-order valence-corrected chi connectivity index (χ2v) is 5.57. The van der Waals surface area contributed by atoms with E-state index < -0.39 is 4.92 Å². The summed E-state index contributed by atoms with van der Waals surface area (Å²) in [6.45, 7) is 2.93. The van der Waals surface area contributed by atoms with Crippen molar-refractivity contribution in [2.24, 2.45) is 0 Å². The van der Waals surface area contributed by atoms with Gasteiger partial charge in [0.1, 0.15) is 5.69 Å². The Balaban J connectivity index is 2.04. The van der Waals surface area contributed by atoms with Crippen LogP contribution in [0, 0.1) is 10.1 Å². The van der Waals surface area contributed by atoms with Crippen LogP contribution >= 0.6 is 11.6 Å². The minimum absolute atomic E-state index is 0.0187. The topological polar surface area (TPSA) is 81.3 Å². The molecule has 0 saturated heterocycles. The van der Waals surface area contributed by atoms with Gasteiger partial charge in [0, 0.05) is 38.0 Å². The number of carbonyl (C=O) groups is 1. The van der Waals surface area contributed by atoms with E-state index in [1.165, 1.54) is 29.2 Å². The summed E-state index contributed by atoms with van der Waals surface area (Å²) in [7, 11) is 1.64. The Hall–Kier alpha value is -2.67. The Morgan fingerprint density at radius 1 is 1.50 bits per heavy atom. The molecule has 2 aromatic rings. The minimum Gasteiger partial charge on any atom is -0.336 e. The number of likely N-dealkylation sites (N-methyl/N-ethyl adjacent to an activating group) is 1. The van der Waals surface area contributed by atoms with Gasteiger partial charge < -0.3 is 4.90 Å². The number of hydrogen-bond acceptors (Lipinski definition) is 4. The minimum atomic E-state index is -0.475. The third-order valence-corrected chi connectivity index (χ3v) is 3.69. The van der Waals surface area contributed by atoms with Gasteiger partial charge >= 0.3 is 0 Å². The molecule has 0 saturated carbocycles. The molecule has 1 aromatic heterocycles. The van der Waals surface area contributed by atoms with E-state index >= 15 is 0 Å². The number of nitro benzene ring substituents is 1. The van der Waals surface area contributed by atoms with Crippen LogP contribution in [0.1, 0.15) is 18.2 Å². The lowest BCUT2D eigenvalue weighted by Gasteiger charge is -2.13. The third-order valence-electron chi connectivity index (χ3n) is 3.37. The van der Waals surface area contributed by atoms with Gasteiger partial charge in [0.2, 0.25) is 5.91 Å². The zero-order chi connectivity index (χ0) is 17.7. The number of rotatable bonds is 6. The number of carbonyl (C=O) groups excluding carboxylic acids is 1. The number of nitrogens with zero attached hydrogens (tertiary/aromatic N) is 4. The van der Waals surface area contributed by atoms with E-state index in [2.05, 4.69) is 5.10 Å². The van der Waals surface area contributed by atoms with Gasteiger partial charge in [0.15, 0.2) is 0 Å². The van der Waals surface area contributed by atoms with E-state index in [0.717, 1.165) is 0 Å².